The van der Waals surface area contributed by atoms with Crippen LogP contribution < -0.4 is 0 Å². The van der Waals surface area contributed by atoms with Crippen LogP contribution >= 0.6 is 23.2 Å². The van der Waals surface area contributed by atoms with Crippen molar-refractivity contribution in [3.63, 3.8) is 0 Å². The van der Waals surface area contributed by atoms with Gasteiger partial charge >= 0.3 is 0 Å². The number of piperidine rings is 1. The number of benzene rings is 1. The Bertz CT molecular complexity index is 445. The first-order chi connectivity index (χ1) is 10.7. The van der Waals surface area contributed by atoms with E-state index in [1.807, 2.05) is 12.1 Å². The molecule has 0 atom stereocenters. The highest BCUT2D eigenvalue weighted by Crippen LogP contribution is 2.23. The van der Waals surface area contributed by atoms with Gasteiger partial charge in [0.15, 0.2) is 0 Å². The molecule has 0 N–H and O–H groups in total. The molecule has 0 aromatic heterocycles. The molecule has 0 bridgehead atoms. The van der Waals surface area contributed by atoms with Crippen LogP contribution in [0.2, 0.25) is 10.0 Å². The molecule has 1 aromatic rings. The Labute approximate surface area is 145 Å². The maximum atomic E-state index is 6.10. The Morgan fingerprint density at radius 2 is 1.82 bits per heavy atom. The van der Waals surface area contributed by atoms with Crippen molar-refractivity contribution in [2.75, 3.05) is 32.7 Å². The van der Waals surface area contributed by atoms with E-state index in [-0.39, 0.29) is 0 Å². The molecule has 1 aromatic carbocycles. The molecule has 22 heavy (non-hydrogen) atoms. The maximum Gasteiger partial charge on any atom is 0.0595 e. The van der Waals surface area contributed by atoms with Crippen LogP contribution in [0.3, 0.4) is 0 Å². The summed E-state index contributed by atoms with van der Waals surface area (Å²) < 4.78 is 0. The second-order valence-corrected chi connectivity index (χ2v) is 7.04. The molecule has 124 valence electrons. The van der Waals surface area contributed by atoms with Gasteiger partial charge in [0.1, 0.15) is 0 Å². The van der Waals surface area contributed by atoms with Gasteiger partial charge in [-0.1, -0.05) is 42.6 Å². The zero-order chi connectivity index (χ0) is 15.8. The lowest BCUT2D eigenvalue weighted by Crippen LogP contribution is -2.31. The molecule has 1 aliphatic heterocycles. The van der Waals surface area contributed by atoms with Crippen molar-refractivity contribution in [3.8, 4) is 0 Å². The maximum absolute atomic E-state index is 6.10. The minimum Gasteiger partial charge on any atom is -0.303 e. The summed E-state index contributed by atoms with van der Waals surface area (Å²) in [5, 5.41) is 1.29. The van der Waals surface area contributed by atoms with Gasteiger partial charge in [-0.25, -0.2) is 0 Å². The van der Waals surface area contributed by atoms with Crippen LogP contribution in [0.5, 0.6) is 0 Å². The van der Waals surface area contributed by atoms with Gasteiger partial charge in [-0.3, -0.25) is 4.90 Å². The summed E-state index contributed by atoms with van der Waals surface area (Å²) in [6.07, 6.45) is 6.77. The van der Waals surface area contributed by atoms with Gasteiger partial charge in [-0.05, 0) is 76.1 Å². The molecule has 2 nitrogen and oxygen atoms in total. The zero-order valence-corrected chi connectivity index (χ0v) is 15.2. The molecule has 2 rings (SSSR count). The van der Waals surface area contributed by atoms with Crippen molar-refractivity contribution in [3.05, 3.63) is 33.8 Å². The highest BCUT2D eigenvalue weighted by molar-refractivity contribution is 6.42. The topological polar surface area (TPSA) is 6.48 Å². The average molecular weight is 343 g/mol. The summed E-state index contributed by atoms with van der Waals surface area (Å²) >= 11 is 12.1. The third-order valence-corrected chi connectivity index (χ3v) is 5.22. The van der Waals surface area contributed by atoms with E-state index in [1.54, 1.807) is 0 Å². The summed E-state index contributed by atoms with van der Waals surface area (Å²) in [5.74, 6) is 0. The Balaban J connectivity index is 1.68. The van der Waals surface area contributed by atoms with Crippen molar-refractivity contribution < 1.29 is 0 Å². The van der Waals surface area contributed by atoms with Crippen LogP contribution in [0.25, 0.3) is 0 Å². The molecule has 0 spiro atoms. The van der Waals surface area contributed by atoms with Gasteiger partial charge < -0.3 is 4.90 Å². The molecule has 0 amide bonds. The molecular weight excluding hydrogens is 315 g/mol. The summed E-state index contributed by atoms with van der Waals surface area (Å²) in [5.41, 5.74) is 1.24. The second kappa shape index (κ2) is 9.77. The number of likely N-dealkylation sites (tertiary alicyclic amines) is 1. The smallest absolute Gasteiger partial charge is 0.0595 e. The van der Waals surface area contributed by atoms with E-state index in [4.69, 9.17) is 23.2 Å². The van der Waals surface area contributed by atoms with Gasteiger partial charge in [-0.2, -0.15) is 0 Å². The first-order valence-electron chi connectivity index (χ1n) is 8.57. The molecular formula is C18H28Cl2N2. The predicted octanol–water partition coefficient (Wildman–Crippen LogP) is 5.08. The average Bonchev–Trinajstić information content (AvgIpc) is 2.54. The van der Waals surface area contributed by atoms with Crippen LogP contribution in [0.4, 0.5) is 0 Å². The van der Waals surface area contributed by atoms with Gasteiger partial charge in [0.05, 0.1) is 10.0 Å². The van der Waals surface area contributed by atoms with E-state index >= 15 is 0 Å². The fourth-order valence-electron chi connectivity index (χ4n) is 3.10. The van der Waals surface area contributed by atoms with E-state index in [0.717, 1.165) is 19.6 Å². The van der Waals surface area contributed by atoms with Crippen LogP contribution in [0, 0.1) is 0 Å². The Morgan fingerprint density at radius 1 is 1.05 bits per heavy atom. The highest BCUT2D eigenvalue weighted by atomic mass is 35.5. The molecule has 1 heterocycles. The predicted molar refractivity (Wildman–Crippen MR) is 96.9 cm³/mol. The molecule has 0 radical (unpaired) electrons. The van der Waals surface area contributed by atoms with Crippen molar-refractivity contribution in [2.24, 2.45) is 0 Å². The number of rotatable bonds is 8. The summed E-state index contributed by atoms with van der Waals surface area (Å²) in [6.45, 7) is 9.29. The molecule has 1 aliphatic rings. The van der Waals surface area contributed by atoms with E-state index in [1.165, 1.54) is 57.3 Å². The quantitative estimate of drug-likeness (QED) is 0.607. The molecule has 0 aliphatic carbocycles. The molecule has 1 fully saturated rings. The lowest BCUT2D eigenvalue weighted by atomic mass is 10.1. The lowest BCUT2D eigenvalue weighted by molar-refractivity contribution is 0.214. The molecule has 0 saturated carbocycles. The summed E-state index contributed by atoms with van der Waals surface area (Å²) in [7, 11) is 0. The largest absolute Gasteiger partial charge is 0.303 e. The van der Waals surface area contributed by atoms with Crippen molar-refractivity contribution in [1.29, 1.82) is 0 Å². The lowest BCUT2D eigenvalue weighted by Gasteiger charge is -2.27. The summed E-state index contributed by atoms with van der Waals surface area (Å²) in [6, 6.07) is 5.95. The van der Waals surface area contributed by atoms with E-state index in [9.17, 15) is 0 Å². The Morgan fingerprint density at radius 3 is 2.50 bits per heavy atom. The number of hydrogen-bond acceptors (Lipinski definition) is 2. The summed E-state index contributed by atoms with van der Waals surface area (Å²) in [4.78, 5) is 5.11. The van der Waals surface area contributed by atoms with Gasteiger partial charge in [0, 0.05) is 6.54 Å². The van der Waals surface area contributed by atoms with Crippen LogP contribution in [-0.2, 0) is 6.54 Å². The molecule has 1 saturated heterocycles. The monoisotopic (exact) mass is 342 g/mol. The number of hydrogen-bond donors (Lipinski definition) is 0. The third kappa shape index (κ3) is 6.08. The first-order valence-corrected chi connectivity index (χ1v) is 9.33. The van der Waals surface area contributed by atoms with Gasteiger partial charge in [-0.15, -0.1) is 0 Å². The second-order valence-electron chi connectivity index (χ2n) is 6.23. The number of unbranched alkanes of at least 4 members (excludes halogenated alkanes) is 1. The van der Waals surface area contributed by atoms with E-state index in [0.29, 0.717) is 10.0 Å². The Hall–Kier alpha value is -0.280. The van der Waals surface area contributed by atoms with E-state index in [2.05, 4.69) is 22.8 Å². The number of nitrogens with zero attached hydrogens (tertiary/aromatic N) is 2. The van der Waals surface area contributed by atoms with Gasteiger partial charge in [0.25, 0.3) is 0 Å². The Kier molecular flexibility index (Phi) is 8.02. The third-order valence-electron chi connectivity index (χ3n) is 4.48. The van der Waals surface area contributed by atoms with Crippen LogP contribution in [0.1, 0.15) is 44.6 Å². The standard InChI is InChI=1S/C18H28Cl2N2/c1-2-21(15-16-8-9-17(19)18(20)14-16)10-6-7-13-22-11-4-3-5-12-22/h8-9,14H,2-7,10-13,15H2,1H3. The first kappa shape index (κ1) is 18.1. The highest BCUT2D eigenvalue weighted by Gasteiger charge is 2.10. The van der Waals surface area contributed by atoms with Crippen molar-refractivity contribution in [2.45, 2.75) is 45.6 Å². The van der Waals surface area contributed by atoms with Crippen molar-refractivity contribution >= 4 is 23.2 Å². The minimum absolute atomic E-state index is 0.634. The fraction of sp³-hybridized carbons (Fsp3) is 0.667. The van der Waals surface area contributed by atoms with Crippen LogP contribution in [0.15, 0.2) is 18.2 Å². The number of halogens is 2. The normalized spacial score (nSPS) is 16.4. The van der Waals surface area contributed by atoms with E-state index < -0.39 is 0 Å². The van der Waals surface area contributed by atoms with Gasteiger partial charge in [0.2, 0.25) is 0 Å². The van der Waals surface area contributed by atoms with Crippen LogP contribution in [-0.4, -0.2) is 42.5 Å². The van der Waals surface area contributed by atoms with Crippen molar-refractivity contribution in [1.82, 2.24) is 9.80 Å². The molecule has 0 unspecified atom stereocenters. The zero-order valence-electron chi connectivity index (χ0n) is 13.7. The fourth-order valence-corrected chi connectivity index (χ4v) is 3.42. The molecule has 4 heteroatoms. The minimum atomic E-state index is 0.634. The SMILES string of the molecule is CCN(CCCCN1CCCCC1)Cc1ccc(Cl)c(Cl)c1.